The van der Waals surface area contributed by atoms with Gasteiger partial charge in [0.05, 0.1) is 11.8 Å². The maximum Gasteiger partial charge on any atom is 0.248 e. The third-order valence-corrected chi connectivity index (χ3v) is 3.76. The Hall–Kier alpha value is -2.73. The zero-order valence-corrected chi connectivity index (χ0v) is 13.7. The van der Waals surface area contributed by atoms with Gasteiger partial charge in [-0.1, -0.05) is 6.07 Å². The van der Waals surface area contributed by atoms with Crippen LogP contribution in [-0.4, -0.2) is 30.2 Å². The van der Waals surface area contributed by atoms with E-state index in [1.54, 1.807) is 24.5 Å². The van der Waals surface area contributed by atoms with Crippen molar-refractivity contribution in [2.24, 2.45) is 0 Å². The molecule has 130 valence electrons. The molecule has 1 saturated heterocycles. The first-order valence-electron chi connectivity index (χ1n) is 8.14. The number of halogens is 1. The summed E-state index contributed by atoms with van der Waals surface area (Å²) in [5.41, 5.74) is 1.09. The fourth-order valence-electron chi connectivity index (χ4n) is 2.51. The highest BCUT2D eigenvalue weighted by atomic mass is 19.1. The normalized spacial score (nSPS) is 16.9. The van der Waals surface area contributed by atoms with Crippen LogP contribution in [0.4, 0.5) is 10.1 Å². The van der Waals surface area contributed by atoms with E-state index in [2.05, 4.69) is 10.3 Å². The molecular weight excluding hydrogens is 323 g/mol. The minimum absolute atomic E-state index is 0.0408. The number of carbonyl (C=O) groups excluding carboxylic acids is 1. The summed E-state index contributed by atoms with van der Waals surface area (Å²) >= 11 is 0. The molecule has 1 fully saturated rings. The number of benzene rings is 1. The van der Waals surface area contributed by atoms with E-state index in [1.165, 1.54) is 24.3 Å². The fourth-order valence-corrected chi connectivity index (χ4v) is 2.51. The van der Waals surface area contributed by atoms with Crippen LogP contribution >= 0.6 is 0 Å². The Bertz CT molecular complexity index is 744. The standard InChI is InChI=1S/C19H19FN2O3/c20-15-6-7-18(25-13-16-4-2-10-24-16)17(11-15)22-19(23)8-5-14-3-1-9-21-12-14/h1,3,5-9,11-12,16H,2,4,10,13H2,(H,22,23)/b8-5+/t16-/m1/s1. The minimum Gasteiger partial charge on any atom is -0.489 e. The molecule has 1 aliphatic rings. The molecule has 5 nitrogen and oxygen atoms in total. The van der Waals surface area contributed by atoms with Gasteiger partial charge in [-0.05, 0) is 42.7 Å². The largest absolute Gasteiger partial charge is 0.489 e. The third-order valence-electron chi connectivity index (χ3n) is 3.76. The summed E-state index contributed by atoms with van der Waals surface area (Å²) in [6, 6.07) is 7.65. The molecule has 1 atom stereocenters. The van der Waals surface area contributed by atoms with Gasteiger partial charge < -0.3 is 14.8 Å². The number of hydrogen-bond donors (Lipinski definition) is 1. The molecule has 0 unspecified atom stereocenters. The lowest BCUT2D eigenvalue weighted by molar-refractivity contribution is -0.111. The molecular formula is C19H19FN2O3. The highest BCUT2D eigenvalue weighted by Crippen LogP contribution is 2.26. The van der Waals surface area contributed by atoms with Crippen LogP contribution in [0.1, 0.15) is 18.4 Å². The Morgan fingerprint density at radius 1 is 1.44 bits per heavy atom. The second-order valence-electron chi connectivity index (χ2n) is 5.70. The number of amides is 1. The zero-order valence-electron chi connectivity index (χ0n) is 13.7. The van der Waals surface area contributed by atoms with Gasteiger partial charge in [-0.15, -0.1) is 0 Å². The van der Waals surface area contributed by atoms with Crippen LogP contribution in [0.25, 0.3) is 6.08 Å². The van der Waals surface area contributed by atoms with E-state index in [0.29, 0.717) is 18.0 Å². The SMILES string of the molecule is O=C(/C=C/c1cccnc1)Nc1cc(F)ccc1OC[C@H]1CCCO1. The lowest BCUT2D eigenvalue weighted by Crippen LogP contribution is -2.17. The van der Waals surface area contributed by atoms with Gasteiger partial charge in [0.2, 0.25) is 5.91 Å². The molecule has 0 spiro atoms. The Morgan fingerprint density at radius 3 is 3.12 bits per heavy atom. The van der Waals surface area contributed by atoms with Gasteiger partial charge in [0.25, 0.3) is 0 Å². The second-order valence-corrected chi connectivity index (χ2v) is 5.70. The van der Waals surface area contributed by atoms with Crippen LogP contribution < -0.4 is 10.1 Å². The lowest BCUT2D eigenvalue weighted by Gasteiger charge is -2.15. The van der Waals surface area contributed by atoms with Gasteiger partial charge in [-0.25, -0.2) is 4.39 Å². The number of hydrogen-bond acceptors (Lipinski definition) is 4. The summed E-state index contributed by atoms with van der Waals surface area (Å²) in [5, 5.41) is 2.65. The summed E-state index contributed by atoms with van der Waals surface area (Å²) in [4.78, 5) is 16.1. The maximum atomic E-state index is 13.5. The summed E-state index contributed by atoms with van der Waals surface area (Å²) in [7, 11) is 0. The molecule has 1 aromatic heterocycles. The van der Waals surface area contributed by atoms with E-state index in [-0.39, 0.29) is 12.0 Å². The zero-order chi connectivity index (χ0) is 17.5. The smallest absolute Gasteiger partial charge is 0.248 e. The van der Waals surface area contributed by atoms with Gasteiger partial charge in [0.1, 0.15) is 18.2 Å². The Balaban J connectivity index is 1.64. The number of ether oxygens (including phenoxy) is 2. The fraction of sp³-hybridized carbons (Fsp3) is 0.263. The second kappa shape index (κ2) is 8.39. The van der Waals surface area contributed by atoms with Crippen molar-refractivity contribution in [3.8, 4) is 5.75 Å². The number of rotatable bonds is 6. The lowest BCUT2D eigenvalue weighted by atomic mass is 10.2. The van der Waals surface area contributed by atoms with Crippen molar-refractivity contribution in [3.63, 3.8) is 0 Å². The quantitative estimate of drug-likeness (QED) is 0.817. The Labute approximate surface area is 145 Å². The number of pyridine rings is 1. The van der Waals surface area contributed by atoms with Gasteiger partial charge in [0, 0.05) is 31.1 Å². The van der Waals surface area contributed by atoms with Crippen molar-refractivity contribution < 1.29 is 18.7 Å². The average molecular weight is 342 g/mol. The van der Waals surface area contributed by atoms with Gasteiger partial charge in [-0.2, -0.15) is 0 Å². The number of nitrogens with one attached hydrogen (secondary N) is 1. The van der Waals surface area contributed by atoms with Crippen molar-refractivity contribution in [1.29, 1.82) is 0 Å². The summed E-state index contributed by atoms with van der Waals surface area (Å²) in [5.74, 6) is -0.410. The van der Waals surface area contributed by atoms with E-state index in [4.69, 9.17) is 9.47 Å². The minimum atomic E-state index is -0.448. The first kappa shape index (κ1) is 17.1. The van der Waals surface area contributed by atoms with Crippen LogP contribution in [0.15, 0.2) is 48.8 Å². The van der Waals surface area contributed by atoms with Crippen LogP contribution in [0, 0.1) is 5.82 Å². The van der Waals surface area contributed by atoms with Crippen LogP contribution in [0.2, 0.25) is 0 Å². The van der Waals surface area contributed by atoms with E-state index < -0.39 is 5.82 Å². The molecule has 0 saturated carbocycles. The number of carbonyl (C=O) groups is 1. The van der Waals surface area contributed by atoms with E-state index >= 15 is 0 Å². The molecule has 0 aliphatic carbocycles. The molecule has 2 aromatic rings. The molecule has 3 rings (SSSR count). The molecule has 6 heteroatoms. The number of nitrogens with zero attached hydrogens (tertiary/aromatic N) is 1. The van der Waals surface area contributed by atoms with Gasteiger partial charge in [0.15, 0.2) is 0 Å². The van der Waals surface area contributed by atoms with Crippen LogP contribution in [-0.2, 0) is 9.53 Å². The Kier molecular flexibility index (Phi) is 5.74. The topological polar surface area (TPSA) is 60.5 Å². The van der Waals surface area contributed by atoms with Crippen molar-refractivity contribution >= 4 is 17.7 Å². The van der Waals surface area contributed by atoms with Crippen LogP contribution in [0.3, 0.4) is 0 Å². The summed E-state index contributed by atoms with van der Waals surface area (Å²) < 4.78 is 24.7. The predicted molar refractivity (Wildman–Crippen MR) is 92.8 cm³/mol. The monoisotopic (exact) mass is 342 g/mol. The van der Waals surface area contributed by atoms with Crippen molar-refractivity contribution in [2.75, 3.05) is 18.5 Å². The first-order chi connectivity index (χ1) is 12.2. The average Bonchev–Trinajstić information content (AvgIpc) is 3.14. The van der Waals surface area contributed by atoms with Crippen molar-refractivity contribution in [1.82, 2.24) is 4.98 Å². The molecule has 2 heterocycles. The molecule has 25 heavy (non-hydrogen) atoms. The van der Waals surface area contributed by atoms with Crippen molar-refractivity contribution in [3.05, 3.63) is 60.2 Å². The Morgan fingerprint density at radius 2 is 2.36 bits per heavy atom. The summed E-state index contributed by atoms with van der Waals surface area (Å²) in [6.45, 7) is 1.11. The van der Waals surface area contributed by atoms with E-state index in [0.717, 1.165) is 25.0 Å². The first-order valence-corrected chi connectivity index (χ1v) is 8.14. The molecule has 0 radical (unpaired) electrons. The third kappa shape index (κ3) is 5.12. The van der Waals surface area contributed by atoms with Gasteiger partial charge >= 0.3 is 0 Å². The molecule has 1 aliphatic heterocycles. The van der Waals surface area contributed by atoms with Crippen LogP contribution in [0.5, 0.6) is 5.75 Å². The number of anilines is 1. The highest BCUT2D eigenvalue weighted by molar-refractivity contribution is 6.02. The molecule has 1 N–H and O–H groups in total. The van der Waals surface area contributed by atoms with E-state index in [1.807, 2.05) is 6.07 Å². The highest BCUT2D eigenvalue weighted by Gasteiger charge is 2.17. The molecule has 1 aromatic carbocycles. The van der Waals surface area contributed by atoms with Gasteiger partial charge in [-0.3, -0.25) is 9.78 Å². The predicted octanol–water partition coefficient (Wildman–Crippen LogP) is 3.43. The summed E-state index contributed by atoms with van der Waals surface area (Å²) in [6.07, 6.45) is 8.29. The maximum absolute atomic E-state index is 13.5. The van der Waals surface area contributed by atoms with E-state index in [9.17, 15) is 9.18 Å². The molecule has 1 amide bonds. The van der Waals surface area contributed by atoms with Crippen molar-refractivity contribution in [2.45, 2.75) is 18.9 Å². The number of aromatic nitrogens is 1. The molecule has 0 bridgehead atoms.